The minimum absolute atomic E-state index is 0.00611. The summed E-state index contributed by atoms with van der Waals surface area (Å²) in [5.74, 6) is -1.90. The molecular formula is C14H13N3O6. The lowest BCUT2D eigenvalue weighted by molar-refractivity contribution is -0.139. The second-order valence-corrected chi connectivity index (χ2v) is 4.45. The molecule has 2 rings (SSSR count). The van der Waals surface area contributed by atoms with E-state index in [2.05, 4.69) is 20.3 Å². The van der Waals surface area contributed by atoms with Crippen LogP contribution in [0.3, 0.4) is 0 Å². The standard InChI is InChI=1S/C14H13N3O6/c18-12(19)10(6-7-11-17-15-8-22-11)16-14(21)23-13(20)9-4-2-1-3-5-9/h1-5,8,10H,6-7H2,(H,16,21)(H,18,19)/t10-/m0/s1. The Labute approximate surface area is 130 Å². The van der Waals surface area contributed by atoms with Crippen LogP contribution in [0.1, 0.15) is 22.7 Å². The lowest BCUT2D eigenvalue weighted by Crippen LogP contribution is -2.42. The number of nitrogens with zero attached hydrogens (tertiary/aromatic N) is 2. The maximum atomic E-state index is 11.7. The van der Waals surface area contributed by atoms with Crippen LogP contribution in [-0.2, 0) is 16.0 Å². The Morgan fingerprint density at radius 3 is 2.61 bits per heavy atom. The van der Waals surface area contributed by atoms with Gasteiger partial charge in [0.1, 0.15) is 6.04 Å². The van der Waals surface area contributed by atoms with Gasteiger partial charge in [0.15, 0.2) is 0 Å². The number of aromatic nitrogens is 2. The number of carbonyl (C=O) groups excluding carboxylic acids is 2. The summed E-state index contributed by atoms with van der Waals surface area (Å²) in [6.07, 6.45) is 0.137. The summed E-state index contributed by atoms with van der Waals surface area (Å²) in [5, 5.41) is 18.3. The van der Waals surface area contributed by atoms with E-state index < -0.39 is 24.1 Å². The van der Waals surface area contributed by atoms with Gasteiger partial charge in [0.05, 0.1) is 5.56 Å². The van der Waals surface area contributed by atoms with Crippen molar-refractivity contribution in [1.82, 2.24) is 15.5 Å². The van der Waals surface area contributed by atoms with E-state index in [9.17, 15) is 14.4 Å². The van der Waals surface area contributed by atoms with E-state index in [4.69, 9.17) is 9.52 Å². The number of alkyl carbamates (subject to hydrolysis) is 1. The molecule has 23 heavy (non-hydrogen) atoms. The molecule has 0 unspecified atom stereocenters. The number of carboxylic acid groups (broad SMARTS) is 1. The van der Waals surface area contributed by atoms with E-state index >= 15 is 0 Å². The molecule has 1 heterocycles. The first-order chi connectivity index (χ1) is 11.1. The summed E-state index contributed by atoms with van der Waals surface area (Å²) in [6, 6.07) is 6.62. The van der Waals surface area contributed by atoms with Crippen molar-refractivity contribution in [2.75, 3.05) is 0 Å². The van der Waals surface area contributed by atoms with Crippen LogP contribution in [0.15, 0.2) is 41.1 Å². The maximum Gasteiger partial charge on any atom is 0.415 e. The number of hydrogen-bond acceptors (Lipinski definition) is 7. The van der Waals surface area contributed by atoms with Crippen LogP contribution in [0.2, 0.25) is 0 Å². The number of benzene rings is 1. The normalized spacial score (nSPS) is 11.5. The molecule has 1 atom stereocenters. The van der Waals surface area contributed by atoms with Gasteiger partial charge in [0.25, 0.3) is 0 Å². The number of rotatable bonds is 6. The van der Waals surface area contributed by atoms with Gasteiger partial charge in [-0.25, -0.2) is 14.4 Å². The Balaban J connectivity index is 1.87. The molecule has 2 aromatic rings. The second kappa shape index (κ2) is 7.69. The average Bonchev–Trinajstić information content (AvgIpc) is 3.05. The second-order valence-electron chi connectivity index (χ2n) is 4.45. The first-order valence-corrected chi connectivity index (χ1v) is 6.62. The summed E-state index contributed by atoms with van der Waals surface area (Å²) in [4.78, 5) is 34.4. The van der Waals surface area contributed by atoms with Gasteiger partial charge in [0.2, 0.25) is 12.3 Å². The number of carbonyl (C=O) groups is 3. The first-order valence-electron chi connectivity index (χ1n) is 6.62. The largest absolute Gasteiger partial charge is 0.480 e. The number of aryl methyl sites for hydroxylation is 1. The highest BCUT2D eigenvalue weighted by Gasteiger charge is 2.23. The van der Waals surface area contributed by atoms with E-state index in [0.717, 1.165) is 6.39 Å². The van der Waals surface area contributed by atoms with E-state index in [1.165, 1.54) is 12.1 Å². The zero-order valence-corrected chi connectivity index (χ0v) is 11.8. The van der Waals surface area contributed by atoms with Gasteiger partial charge >= 0.3 is 18.0 Å². The van der Waals surface area contributed by atoms with Crippen LogP contribution in [0.4, 0.5) is 4.79 Å². The lowest BCUT2D eigenvalue weighted by atomic mass is 10.1. The van der Waals surface area contributed by atoms with Gasteiger partial charge in [0, 0.05) is 6.42 Å². The van der Waals surface area contributed by atoms with Crippen molar-refractivity contribution in [3.63, 3.8) is 0 Å². The van der Waals surface area contributed by atoms with Crippen LogP contribution >= 0.6 is 0 Å². The molecular weight excluding hydrogens is 306 g/mol. The molecule has 0 aliphatic heterocycles. The molecule has 0 bridgehead atoms. The van der Waals surface area contributed by atoms with Crippen molar-refractivity contribution in [2.24, 2.45) is 0 Å². The van der Waals surface area contributed by atoms with Crippen molar-refractivity contribution >= 4 is 18.0 Å². The van der Waals surface area contributed by atoms with E-state index in [1.807, 2.05) is 0 Å². The van der Waals surface area contributed by atoms with Crippen LogP contribution in [0, 0.1) is 0 Å². The minimum Gasteiger partial charge on any atom is -0.480 e. The first kappa shape index (κ1) is 16.1. The summed E-state index contributed by atoms with van der Waals surface area (Å²) < 4.78 is 9.43. The summed E-state index contributed by atoms with van der Waals surface area (Å²) >= 11 is 0. The summed E-state index contributed by atoms with van der Waals surface area (Å²) in [7, 11) is 0. The molecule has 0 saturated carbocycles. The Bertz CT molecular complexity index is 671. The van der Waals surface area contributed by atoms with Crippen LogP contribution in [0.5, 0.6) is 0 Å². The van der Waals surface area contributed by atoms with Crippen molar-refractivity contribution in [3.8, 4) is 0 Å². The fourth-order valence-electron chi connectivity index (χ4n) is 1.72. The molecule has 9 nitrogen and oxygen atoms in total. The Kier molecular flexibility index (Phi) is 5.40. The third-order valence-electron chi connectivity index (χ3n) is 2.84. The van der Waals surface area contributed by atoms with Gasteiger partial charge in [-0.1, -0.05) is 18.2 Å². The quantitative estimate of drug-likeness (QED) is 0.596. The third kappa shape index (κ3) is 4.92. The molecule has 0 fully saturated rings. The van der Waals surface area contributed by atoms with Crippen LogP contribution < -0.4 is 5.32 Å². The van der Waals surface area contributed by atoms with Crippen molar-refractivity contribution in [2.45, 2.75) is 18.9 Å². The zero-order chi connectivity index (χ0) is 16.7. The molecule has 0 spiro atoms. The molecule has 120 valence electrons. The third-order valence-corrected chi connectivity index (χ3v) is 2.84. The molecule has 2 N–H and O–H groups in total. The molecule has 9 heteroatoms. The van der Waals surface area contributed by atoms with Gasteiger partial charge in [-0.2, -0.15) is 0 Å². The number of ether oxygens (including phenoxy) is 1. The maximum absolute atomic E-state index is 11.7. The number of amides is 1. The van der Waals surface area contributed by atoms with E-state index in [1.54, 1.807) is 18.2 Å². The van der Waals surface area contributed by atoms with E-state index in [-0.39, 0.29) is 24.3 Å². The Morgan fingerprint density at radius 1 is 1.26 bits per heavy atom. The van der Waals surface area contributed by atoms with Crippen LogP contribution in [-0.4, -0.2) is 39.4 Å². The molecule has 0 aliphatic rings. The van der Waals surface area contributed by atoms with Gasteiger partial charge in [-0.3, -0.25) is 0 Å². The molecule has 1 aromatic carbocycles. The molecule has 0 saturated heterocycles. The predicted octanol–water partition coefficient (Wildman–Crippen LogP) is 1.02. The molecule has 0 radical (unpaired) electrons. The smallest absolute Gasteiger partial charge is 0.415 e. The van der Waals surface area contributed by atoms with E-state index in [0.29, 0.717) is 0 Å². The molecule has 0 aliphatic carbocycles. The van der Waals surface area contributed by atoms with Gasteiger partial charge in [-0.05, 0) is 18.6 Å². The van der Waals surface area contributed by atoms with Crippen LogP contribution in [0.25, 0.3) is 0 Å². The fraction of sp³-hybridized carbons (Fsp3) is 0.214. The van der Waals surface area contributed by atoms with Crippen molar-refractivity contribution in [1.29, 1.82) is 0 Å². The Morgan fingerprint density at radius 2 is 2.00 bits per heavy atom. The predicted molar refractivity (Wildman–Crippen MR) is 74.4 cm³/mol. The lowest BCUT2D eigenvalue weighted by Gasteiger charge is -2.12. The highest BCUT2D eigenvalue weighted by molar-refractivity contribution is 5.97. The highest BCUT2D eigenvalue weighted by Crippen LogP contribution is 2.04. The topological polar surface area (TPSA) is 132 Å². The van der Waals surface area contributed by atoms with Crippen molar-refractivity contribution < 1.29 is 28.6 Å². The average molecular weight is 319 g/mol. The van der Waals surface area contributed by atoms with Gasteiger partial charge in [-0.15, -0.1) is 10.2 Å². The van der Waals surface area contributed by atoms with Gasteiger partial charge < -0.3 is 19.6 Å². The SMILES string of the molecule is O=C(N[C@@H](CCc1nnco1)C(=O)O)OC(=O)c1ccccc1. The number of hydrogen-bond donors (Lipinski definition) is 2. The summed E-state index contributed by atoms with van der Waals surface area (Å²) in [5.41, 5.74) is 0.181. The monoisotopic (exact) mass is 319 g/mol. The number of carboxylic acids is 1. The number of esters is 1. The zero-order valence-electron chi connectivity index (χ0n) is 11.8. The fourth-order valence-corrected chi connectivity index (χ4v) is 1.72. The molecule has 1 amide bonds. The Hall–Kier alpha value is -3.23. The minimum atomic E-state index is -1.27. The number of nitrogens with one attached hydrogen (secondary N) is 1. The number of aliphatic carboxylic acids is 1. The van der Waals surface area contributed by atoms with Crippen molar-refractivity contribution in [3.05, 3.63) is 48.2 Å². The highest BCUT2D eigenvalue weighted by atomic mass is 16.6. The molecule has 1 aromatic heterocycles. The summed E-state index contributed by atoms with van der Waals surface area (Å²) in [6.45, 7) is 0.